The molecule has 3 aromatic rings. The Morgan fingerprint density at radius 3 is 2.53 bits per heavy atom. The van der Waals surface area contributed by atoms with Gasteiger partial charge in [0, 0.05) is 13.0 Å². The highest BCUT2D eigenvalue weighted by Gasteiger charge is 2.15. The van der Waals surface area contributed by atoms with Gasteiger partial charge in [-0.15, -0.1) is 0 Å². The van der Waals surface area contributed by atoms with Crippen LogP contribution in [0.15, 0.2) is 42.5 Å². The van der Waals surface area contributed by atoms with Crippen LogP contribution in [0.1, 0.15) is 25.2 Å². The van der Waals surface area contributed by atoms with Crippen molar-refractivity contribution in [2.24, 2.45) is 0 Å². The molecule has 0 atom stereocenters. The third-order valence-electron chi connectivity index (χ3n) is 4.87. The predicted molar refractivity (Wildman–Crippen MR) is 121 cm³/mol. The van der Waals surface area contributed by atoms with Crippen LogP contribution >= 0.6 is 0 Å². The lowest BCUT2D eigenvalue weighted by Crippen LogP contribution is -2.28. The van der Waals surface area contributed by atoms with Gasteiger partial charge in [-0.05, 0) is 43.7 Å². The van der Waals surface area contributed by atoms with Gasteiger partial charge in [-0.3, -0.25) is 9.59 Å². The summed E-state index contributed by atoms with van der Waals surface area (Å²) in [6.45, 7) is 4.11. The SMILES string of the molecule is COc1ccc(CC(=O)NCCc2nc3ccccc3n2CC(=O)OC(C)C)cc1OC. The summed E-state index contributed by atoms with van der Waals surface area (Å²) in [7, 11) is 3.13. The second kappa shape index (κ2) is 10.7. The van der Waals surface area contributed by atoms with Gasteiger partial charge in [-0.25, -0.2) is 4.98 Å². The fourth-order valence-electron chi connectivity index (χ4n) is 3.47. The van der Waals surface area contributed by atoms with E-state index in [0.717, 1.165) is 22.4 Å². The van der Waals surface area contributed by atoms with Crippen LogP contribution in [0.4, 0.5) is 0 Å². The summed E-state index contributed by atoms with van der Waals surface area (Å²) in [4.78, 5) is 29.3. The van der Waals surface area contributed by atoms with Crippen LogP contribution in [0.3, 0.4) is 0 Å². The van der Waals surface area contributed by atoms with Gasteiger partial charge in [0.05, 0.1) is 37.8 Å². The molecule has 2 aromatic carbocycles. The van der Waals surface area contributed by atoms with Gasteiger partial charge in [0.15, 0.2) is 11.5 Å². The Bertz CT molecular complexity index is 1090. The maximum Gasteiger partial charge on any atom is 0.326 e. The number of nitrogens with zero attached hydrogens (tertiary/aromatic N) is 2. The first-order chi connectivity index (χ1) is 15.4. The van der Waals surface area contributed by atoms with Crippen LogP contribution in [0.2, 0.25) is 0 Å². The number of rotatable bonds is 10. The molecular formula is C24H29N3O5. The zero-order valence-corrected chi connectivity index (χ0v) is 18.9. The van der Waals surface area contributed by atoms with Crippen molar-refractivity contribution in [3.05, 3.63) is 53.9 Å². The number of carbonyl (C=O) groups excluding carboxylic acids is 2. The smallest absolute Gasteiger partial charge is 0.326 e. The van der Waals surface area contributed by atoms with Gasteiger partial charge >= 0.3 is 5.97 Å². The maximum absolute atomic E-state index is 12.4. The van der Waals surface area contributed by atoms with Crippen molar-refractivity contribution in [1.29, 1.82) is 0 Å². The number of para-hydroxylation sites is 2. The van der Waals surface area contributed by atoms with Crippen molar-refractivity contribution in [2.45, 2.75) is 39.3 Å². The normalized spacial score (nSPS) is 10.9. The molecule has 1 aromatic heterocycles. The average molecular weight is 440 g/mol. The van der Waals surface area contributed by atoms with E-state index in [1.807, 2.05) is 48.7 Å². The van der Waals surface area contributed by atoms with E-state index in [-0.39, 0.29) is 30.9 Å². The minimum atomic E-state index is -0.318. The van der Waals surface area contributed by atoms with Crippen molar-refractivity contribution < 1.29 is 23.8 Å². The van der Waals surface area contributed by atoms with E-state index in [9.17, 15) is 9.59 Å². The molecule has 0 unspecified atom stereocenters. The van der Waals surface area contributed by atoms with Gasteiger partial charge in [0.1, 0.15) is 12.4 Å². The lowest BCUT2D eigenvalue weighted by Gasteiger charge is -2.12. The molecule has 0 aliphatic rings. The van der Waals surface area contributed by atoms with Crippen molar-refractivity contribution in [3.8, 4) is 11.5 Å². The summed E-state index contributed by atoms with van der Waals surface area (Å²) in [5.74, 6) is 1.49. The molecule has 32 heavy (non-hydrogen) atoms. The number of fused-ring (bicyclic) bond motifs is 1. The molecule has 0 radical (unpaired) electrons. The third kappa shape index (κ3) is 5.78. The number of carbonyl (C=O) groups is 2. The molecule has 170 valence electrons. The zero-order chi connectivity index (χ0) is 23.1. The van der Waals surface area contributed by atoms with Crippen LogP contribution < -0.4 is 14.8 Å². The standard InChI is InChI=1S/C24H29N3O5/c1-16(2)32-24(29)15-27-19-8-6-5-7-18(19)26-22(27)11-12-25-23(28)14-17-9-10-20(30-3)21(13-17)31-4/h5-10,13,16H,11-12,14-15H2,1-4H3,(H,25,28). The highest BCUT2D eigenvalue weighted by molar-refractivity contribution is 5.80. The number of esters is 1. The summed E-state index contributed by atoms with van der Waals surface area (Å²) in [6, 6.07) is 13.0. The molecular weight excluding hydrogens is 410 g/mol. The van der Waals surface area contributed by atoms with E-state index in [1.165, 1.54) is 0 Å². The van der Waals surface area contributed by atoms with Crippen molar-refractivity contribution >= 4 is 22.9 Å². The van der Waals surface area contributed by atoms with Gasteiger partial charge in [-0.2, -0.15) is 0 Å². The predicted octanol–water partition coefficient (Wildman–Crippen LogP) is 2.91. The number of methoxy groups -OCH3 is 2. The number of aromatic nitrogens is 2. The first kappa shape index (κ1) is 23.1. The van der Waals surface area contributed by atoms with Crippen LogP contribution in [0.25, 0.3) is 11.0 Å². The van der Waals surface area contributed by atoms with Crippen LogP contribution in [0.5, 0.6) is 11.5 Å². The maximum atomic E-state index is 12.4. The van der Waals surface area contributed by atoms with E-state index in [0.29, 0.717) is 24.5 Å². The molecule has 8 heteroatoms. The Labute approximate surface area is 187 Å². The molecule has 3 rings (SSSR count). The van der Waals surface area contributed by atoms with Crippen molar-refractivity contribution in [1.82, 2.24) is 14.9 Å². The zero-order valence-electron chi connectivity index (χ0n) is 18.9. The Morgan fingerprint density at radius 2 is 1.81 bits per heavy atom. The van der Waals surface area contributed by atoms with Gasteiger partial charge in [0.2, 0.25) is 5.91 Å². The second-order valence-electron chi connectivity index (χ2n) is 7.61. The molecule has 1 amide bonds. The summed E-state index contributed by atoms with van der Waals surface area (Å²) in [6.07, 6.45) is 0.523. The van der Waals surface area contributed by atoms with Crippen molar-refractivity contribution in [3.63, 3.8) is 0 Å². The van der Waals surface area contributed by atoms with E-state index in [2.05, 4.69) is 10.3 Å². The molecule has 0 aliphatic heterocycles. The van der Waals surface area contributed by atoms with E-state index in [4.69, 9.17) is 14.2 Å². The number of ether oxygens (including phenoxy) is 3. The molecule has 0 bridgehead atoms. The highest BCUT2D eigenvalue weighted by atomic mass is 16.5. The average Bonchev–Trinajstić information content (AvgIpc) is 3.10. The van der Waals surface area contributed by atoms with Gasteiger partial charge < -0.3 is 24.1 Å². The molecule has 0 saturated carbocycles. The van der Waals surface area contributed by atoms with E-state index in [1.54, 1.807) is 26.4 Å². The first-order valence-electron chi connectivity index (χ1n) is 10.5. The topological polar surface area (TPSA) is 91.7 Å². The number of nitrogens with one attached hydrogen (secondary N) is 1. The molecule has 1 N–H and O–H groups in total. The van der Waals surface area contributed by atoms with Crippen LogP contribution in [-0.2, 0) is 33.7 Å². The van der Waals surface area contributed by atoms with Crippen LogP contribution in [-0.4, -0.2) is 48.3 Å². The number of amides is 1. The molecule has 8 nitrogen and oxygen atoms in total. The minimum absolute atomic E-state index is 0.0770. The Morgan fingerprint density at radius 1 is 1.06 bits per heavy atom. The number of hydrogen-bond donors (Lipinski definition) is 1. The van der Waals surface area contributed by atoms with Gasteiger partial charge in [-0.1, -0.05) is 18.2 Å². The van der Waals surface area contributed by atoms with Gasteiger partial charge in [0.25, 0.3) is 0 Å². The summed E-state index contributed by atoms with van der Waals surface area (Å²) in [5.41, 5.74) is 2.49. The lowest BCUT2D eigenvalue weighted by atomic mass is 10.1. The Hall–Kier alpha value is -3.55. The summed E-state index contributed by atoms with van der Waals surface area (Å²) in [5, 5.41) is 2.92. The molecule has 1 heterocycles. The first-order valence-corrected chi connectivity index (χ1v) is 10.5. The van der Waals surface area contributed by atoms with E-state index < -0.39 is 0 Å². The molecule has 0 fully saturated rings. The largest absolute Gasteiger partial charge is 0.493 e. The summed E-state index contributed by atoms with van der Waals surface area (Å²) < 4.78 is 17.7. The molecule has 0 spiro atoms. The Balaban J connectivity index is 1.64. The highest BCUT2D eigenvalue weighted by Crippen LogP contribution is 2.27. The van der Waals surface area contributed by atoms with E-state index >= 15 is 0 Å². The van der Waals surface area contributed by atoms with Crippen LogP contribution in [0, 0.1) is 0 Å². The second-order valence-corrected chi connectivity index (χ2v) is 7.61. The monoisotopic (exact) mass is 439 g/mol. The van der Waals surface area contributed by atoms with Crippen molar-refractivity contribution in [2.75, 3.05) is 20.8 Å². The lowest BCUT2D eigenvalue weighted by molar-refractivity contribution is -0.148. The third-order valence-corrected chi connectivity index (χ3v) is 4.87. The Kier molecular flexibility index (Phi) is 7.70. The fraction of sp³-hybridized carbons (Fsp3) is 0.375. The summed E-state index contributed by atoms with van der Waals surface area (Å²) >= 11 is 0. The number of hydrogen-bond acceptors (Lipinski definition) is 6. The number of benzene rings is 2. The minimum Gasteiger partial charge on any atom is -0.493 e. The molecule has 0 aliphatic carbocycles. The number of imidazole rings is 1. The quantitative estimate of drug-likeness (QED) is 0.489. The fourth-order valence-corrected chi connectivity index (χ4v) is 3.47. The molecule has 0 saturated heterocycles.